The molecule has 3 N–H and O–H groups in total. The smallest absolute Gasteiger partial charge is 0.327 e. The predicted molar refractivity (Wildman–Crippen MR) is 81.8 cm³/mol. The average molecular weight is 310 g/mol. The summed E-state index contributed by atoms with van der Waals surface area (Å²) in [4.78, 5) is 25.9. The van der Waals surface area contributed by atoms with Crippen molar-refractivity contribution in [1.29, 1.82) is 0 Å². The van der Waals surface area contributed by atoms with Gasteiger partial charge in [0.1, 0.15) is 0 Å². The molecule has 4 rings (SSSR count). The van der Waals surface area contributed by atoms with Crippen LogP contribution in [0.3, 0.4) is 0 Å². The van der Waals surface area contributed by atoms with Crippen molar-refractivity contribution in [3.05, 3.63) is 65.2 Å². The lowest BCUT2D eigenvalue weighted by molar-refractivity contribution is -0.109. The maximum Gasteiger partial charge on any atom is 0.327 e. The third-order valence-corrected chi connectivity index (χ3v) is 4.49. The van der Waals surface area contributed by atoms with E-state index in [1.54, 1.807) is 36.4 Å². The van der Waals surface area contributed by atoms with Gasteiger partial charge in [-0.15, -0.1) is 0 Å². The SMILES string of the molecule is Cc1ccc(N2C(=O)N[C@]3(O)C(=O)c4ccccc4[C@@]23O)cc1. The molecule has 2 aliphatic rings. The molecule has 1 aliphatic carbocycles. The first kappa shape index (κ1) is 13.9. The van der Waals surface area contributed by atoms with Crippen LogP contribution in [0.15, 0.2) is 48.5 Å². The monoisotopic (exact) mass is 310 g/mol. The van der Waals surface area contributed by atoms with Crippen LogP contribution in [0.1, 0.15) is 21.5 Å². The first-order chi connectivity index (χ1) is 10.9. The van der Waals surface area contributed by atoms with E-state index in [0.717, 1.165) is 10.5 Å². The highest BCUT2D eigenvalue weighted by Crippen LogP contribution is 2.50. The Kier molecular flexibility index (Phi) is 2.53. The Balaban J connectivity index is 1.98. The zero-order valence-electron chi connectivity index (χ0n) is 12.3. The van der Waals surface area contributed by atoms with Crippen LogP contribution < -0.4 is 10.2 Å². The lowest BCUT2D eigenvalue weighted by Gasteiger charge is -2.35. The summed E-state index contributed by atoms with van der Waals surface area (Å²) in [6.45, 7) is 1.90. The first-order valence-electron chi connectivity index (χ1n) is 7.17. The van der Waals surface area contributed by atoms with Gasteiger partial charge in [-0.05, 0) is 19.1 Å². The maximum atomic E-state index is 12.5. The number of nitrogens with zero attached hydrogens (tertiary/aromatic N) is 1. The van der Waals surface area contributed by atoms with Crippen molar-refractivity contribution in [2.45, 2.75) is 18.4 Å². The molecule has 6 nitrogen and oxygen atoms in total. The Morgan fingerprint density at radius 2 is 1.65 bits per heavy atom. The molecule has 23 heavy (non-hydrogen) atoms. The second-order valence-corrected chi connectivity index (χ2v) is 5.86. The number of aryl methyl sites for hydroxylation is 1. The summed E-state index contributed by atoms with van der Waals surface area (Å²) in [5.74, 6) is -0.724. The second-order valence-electron chi connectivity index (χ2n) is 5.86. The molecule has 1 fully saturated rings. The summed E-state index contributed by atoms with van der Waals surface area (Å²) < 4.78 is 0. The van der Waals surface area contributed by atoms with E-state index in [-0.39, 0.29) is 11.1 Å². The lowest BCUT2D eigenvalue weighted by Crippen LogP contribution is -2.59. The zero-order valence-corrected chi connectivity index (χ0v) is 12.3. The van der Waals surface area contributed by atoms with Crippen LogP contribution in [-0.4, -0.2) is 27.8 Å². The van der Waals surface area contributed by atoms with Crippen LogP contribution in [0.25, 0.3) is 0 Å². The molecule has 0 spiro atoms. The zero-order chi connectivity index (χ0) is 16.4. The minimum atomic E-state index is -2.40. The number of urea groups is 1. The van der Waals surface area contributed by atoms with E-state index in [1.165, 1.54) is 12.1 Å². The Hall–Kier alpha value is -2.70. The number of nitrogens with one attached hydrogen (secondary N) is 1. The average Bonchev–Trinajstić information content (AvgIpc) is 2.84. The van der Waals surface area contributed by atoms with Crippen molar-refractivity contribution >= 4 is 17.5 Å². The molecule has 6 heteroatoms. The van der Waals surface area contributed by atoms with Gasteiger partial charge >= 0.3 is 6.03 Å². The summed E-state index contributed by atoms with van der Waals surface area (Å²) in [7, 11) is 0. The molecular weight excluding hydrogens is 296 g/mol. The van der Waals surface area contributed by atoms with Crippen LogP contribution in [-0.2, 0) is 5.72 Å². The van der Waals surface area contributed by atoms with Crippen LogP contribution in [0.5, 0.6) is 0 Å². The third kappa shape index (κ3) is 1.49. The quantitative estimate of drug-likeness (QED) is 0.739. The van der Waals surface area contributed by atoms with Gasteiger partial charge in [0.2, 0.25) is 11.5 Å². The number of carbonyl (C=O) groups excluding carboxylic acids is 2. The molecule has 0 saturated carbocycles. The van der Waals surface area contributed by atoms with E-state index in [2.05, 4.69) is 5.32 Å². The molecule has 1 aliphatic heterocycles. The normalized spacial score (nSPS) is 28.6. The maximum absolute atomic E-state index is 12.5. The van der Waals surface area contributed by atoms with E-state index >= 15 is 0 Å². The van der Waals surface area contributed by atoms with Crippen LogP contribution in [0.2, 0.25) is 0 Å². The van der Waals surface area contributed by atoms with E-state index in [1.807, 2.05) is 6.92 Å². The van der Waals surface area contributed by atoms with Gasteiger partial charge in [0.05, 0.1) is 0 Å². The second kappa shape index (κ2) is 4.18. The molecule has 0 radical (unpaired) electrons. The number of anilines is 1. The summed E-state index contributed by atoms with van der Waals surface area (Å²) in [6, 6.07) is 12.5. The van der Waals surface area contributed by atoms with Gasteiger partial charge < -0.3 is 10.2 Å². The number of hydrogen-bond acceptors (Lipinski definition) is 4. The fourth-order valence-electron chi connectivity index (χ4n) is 3.31. The molecule has 0 aromatic heterocycles. The minimum absolute atomic E-state index is 0.189. The Morgan fingerprint density at radius 1 is 1.00 bits per heavy atom. The van der Waals surface area contributed by atoms with Gasteiger partial charge in [-0.1, -0.05) is 42.0 Å². The largest absolute Gasteiger partial charge is 0.362 e. The van der Waals surface area contributed by atoms with E-state index in [0.29, 0.717) is 5.69 Å². The van der Waals surface area contributed by atoms with Gasteiger partial charge in [-0.3, -0.25) is 15.0 Å². The predicted octanol–water partition coefficient (Wildman–Crippen LogP) is 1.25. The standard InChI is InChI=1S/C17H14N2O4/c1-10-6-8-11(9-7-10)19-15(21)18-16(22)14(20)12-4-2-3-5-13(12)17(16,19)23/h2-9,22-23H,1H3,(H,18,21)/t16-,17-/m0/s1. The Morgan fingerprint density at radius 3 is 2.35 bits per heavy atom. The highest BCUT2D eigenvalue weighted by atomic mass is 16.4. The highest BCUT2D eigenvalue weighted by Gasteiger charge is 2.72. The molecule has 116 valence electrons. The lowest BCUT2D eigenvalue weighted by atomic mass is 9.98. The number of aliphatic hydroxyl groups is 2. The van der Waals surface area contributed by atoms with Gasteiger partial charge in [0.25, 0.3) is 5.72 Å². The van der Waals surface area contributed by atoms with E-state index < -0.39 is 23.3 Å². The highest BCUT2D eigenvalue weighted by molar-refractivity contribution is 6.15. The topological polar surface area (TPSA) is 89.9 Å². The molecule has 0 bridgehead atoms. The summed E-state index contributed by atoms with van der Waals surface area (Å²) in [6.07, 6.45) is 0. The number of amides is 2. The Labute approximate surface area is 132 Å². The molecular formula is C17H14N2O4. The molecule has 2 aromatic rings. The van der Waals surface area contributed by atoms with E-state index in [9.17, 15) is 19.8 Å². The number of hydrogen-bond donors (Lipinski definition) is 3. The van der Waals surface area contributed by atoms with Crippen LogP contribution in [0, 0.1) is 6.92 Å². The minimum Gasteiger partial charge on any atom is -0.362 e. The fraction of sp³-hybridized carbons (Fsp3) is 0.176. The molecule has 1 saturated heterocycles. The van der Waals surface area contributed by atoms with Crippen LogP contribution in [0.4, 0.5) is 10.5 Å². The van der Waals surface area contributed by atoms with Gasteiger partial charge in [-0.2, -0.15) is 0 Å². The van der Waals surface area contributed by atoms with Crippen LogP contribution >= 0.6 is 0 Å². The number of benzene rings is 2. The summed E-state index contributed by atoms with van der Waals surface area (Å²) >= 11 is 0. The van der Waals surface area contributed by atoms with Crippen molar-refractivity contribution < 1.29 is 19.8 Å². The third-order valence-electron chi connectivity index (χ3n) is 4.49. The number of fused-ring (bicyclic) bond motifs is 3. The van der Waals surface area contributed by atoms with Crippen molar-refractivity contribution in [2.24, 2.45) is 0 Å². The van der Waals surface area contributed by atoms with Gasteiger partial charge in [0, 0.05) is 16.8 Å². The summed E-state index contributed by atoms with van der Waals surface area (Å²) in [5, 5.41) is 24.2. The van der Waals surface area contributed by atoms with Gasteiger partial charge in [-0.25, -0.2) is 4.79 Å². The number of rotatable bonds is 1. The molecule has 2 amide bonds. The molecule has 1 heterocycles. The molecule has 2 atom stereocenters. The molecule has 0 unspecified atom stereocenters. The number of carbonyl (C=O) groups is 2. The summed E-state index contributed by atoms with van der Waals surface area (Å²) in [5.41, 5.74) is -2.83. The van der Waals surface area contributed by atoms with Crippen molar-refractivity contribution in [1.82, 2.24) is 5.32 Å². The van der Waals surface area contributed by atoms with Crippen molar-refractivity contribution in [3.8, 4) is 0 Å². The van der Waals surface area contributed by atoms with Crippen molar-refractivity contribution in [2.75, 3.05) is 4.90 Å². The first-order valence-corrected chi connectivity index (χ1v) is 7.17. The number of ketones is 1. The molecule has 2 aromatic carbocycles. The number of Topliss-reactive ketones (excluding diaryl/α,β-unsaturated/α-hetero) is 1. The van der Waals surface area contributed by atoms with E-state index in [4.69, 9.17) is 0 Å². The fourth-order valence-corrected chi connectivity index (χ4v) is 3.31. The Bertz CT molecular complexity index is 848. The van der Waals surface area contributed by atoms with Crippen molar-refractivity contribution in [3.63, 3.8) is 0 Å². The van der Waals surface area contributed by atoms with Gasteiger partial charge in [0.15, 0.2) is 0 Å².